The average molecular weight is 331 g/mol. The minimum atomic E-state index is -0.958. The fourth-order valence-corrected chi connectivity index (χ4v) is 3.09. The van der Waals surface area contributed by atoms with Gasteiger partial charge in [0, 0.05) is 17.1 Å². The normalized spacial score (nSPS) is 10.3. The Morgan fingerprint density at radius 1 is 1.00 bits per heavy atom. The summed E-state index contributed by atoms with van der Waals surface area (Å²) in [6.07, 6.45) is 0.909. The van der Waals surface area contributed by atoms with E-state index in [1.54, 1.807) is 42.5 Å². The smallest absolute Gasteiger partial charge is 0.335 e. The van der Waals surface area contributed by atoms with Crippen molar-refractivity contribution in [2.45, 2.75) is 18.2 Å². The van der Waals surface area contributed by atoms with Crippen LogP contribution in [0.15, 0.2) is 53.4 Å². The maximum Gasteiger partial charge on any atom is 0.335 e. The molecule has 0 saturated carbocycles. The van der Waals surface area contributed by atoms with Crippen LogP contribution in [-0.4, -0.2) is 28.7 Å². The molecule has 0 fully saturated rings. The summed E-state index contributed by atoms with van der Waals surface area (Å²) in [5.41, 5.74) is 1.36. The van der Waals surface area contributed by atoms with E-state index in [2.05, 4.69) is 0 Å². The lowest BCUT2D eigenvalue weighted by Crippen LogP contribution is -2.15. The Balaban J connectivity index is 2.22. The van der Waals surface area contributed by atoms with Gasteiger partial charge in [-0.2, -0.15) is 0 Å². The maximum absolute atomic E-state index is 11.1. The first-order valence-electron chi connectivity index (χ1n) is 7.13. The molecule has 0 bridgehead atoms. The number of carboxylic acids is 2. The van der Waals surface area contributed by atoms with Gasteiger partial charge in [0.15, 0.2) is 0 Å². The molecule has 0 aromatic heterocycles. The molecule has 2 rings (SSSR count). The molecule has 0 amide bonds. The van der Waals surface area contributed by atoms with E-state index in [1.807, 2.05) is 17.3 Å². The van der Waals surface area contributed by atoms with E-state index < -0.39 is 11.9 Å². The number of hydrogen-bond donors (Lipinski definition) is 2. The van der Waals surface area contributed by atoms with Gasteiger partial charge in [-0.05, 0) is 60.8 Å². The zero-order valence-electron chi connectivity index (χ0n) is 12.6. The topological polar surface area (TPSA) is 77.8 Å². The third-order valence-electron chi connectivity index (χ3n) is 3.13. The van der Waals surface area contributed by atoms with E-state index in [0.29, 0.717) is 0 Å². The van der Waals surface area contributed by atoms with E-state index in [-0.39, 0.29) is 11.1 Å². The first-order valence-corrected chi connectivity index (χ1v) is 7.91. The van der Waals surface area contributed by atoms with Crippen molar-refractivity contribution in [3.63, 3.8) is 0 Å². The predicted molar refractivity (Wildman–Crippen MR) is 90.3 cm³/mol. The highest BCUT2D eigenvalue weighted by atomic mass is 32.2. The van der Waals surface area contributed by atoms with Crippen LogP contribution in [-0.2, 0) is 0 Å². The second-order valence-corrected chi connectivity index (χ2v) is 5.97. The highest BCUT2D eigenvalue weighted by molar-refractivity contribution is 8.00. The van der Waals surface area contributed by atoms with E-state index >= 15 is 0 Å². The Bertz CT molecular complexity index is 700. The molecule has 0 unspecified atom stereocenters. The lowest BCUT2D eigenvalue weighted by atomic mass is 10.2. The fraction of sp³-hybridized carbons (Fsp3) is 0.176. The Kier molecular flexibility index (Phi) is 5.65. The van der Waals surface area contributed by atoms with Crippen molar-refractivity contribution in [3.05, 3.63) is 59.7 Å². The molecule has 23 heavy (non-hydrogen) atoms. The van der Waals surface area contributed by atoms with Crippen molar-refractivity contribution in [2.24, 2.45) is 0 Å². The minimum Gasteiger partial charge on any atom is -0.478 e. The fourth-order valence-electron chi connectivity index (χ4n) is 2.01. The first-order chi connectivity index (χ1) is 11.0. The van der Waals surface area contributed by atoms with Gasteiger partial charge in [0.25, 0.3) is 0 Å². The Morgan fingerprint density at radius 3 is 2.22 bits per heavy atom. The van der Waals surface area contributed by atoms with Crippen LogP contribution in [0.25, 0.3) is 0 Å². The molecule has 0 aliphatic carbocycles. The van der Waals surface area contributed by atoms with Gasteiger partial charge in [-0.15, -0.1) is 0 Å². The number of carboxylic acid groups (broad SMARTS) is 2. The zero-order chi connectivity index (χ0) is 16.8. The Hall–Kier alpha value is -2.47. The lowest BCUT2D eigenvalue weighted by Gasteiger charge is -2.23. The summed E-state index contributed by atoms with van der Waals surface area (Å²) in [6, 6.07) is 13.4. The molecule has 120 valence electrons. The second-order valence-electron chi connectivity index (χ2n) is 4.88. The molecule has 2 aromatic rings. The van der Waals surface area contributed by atoms with Gasteiger partial charge in [0.1, 0.15) is 0 Å². The summed E-state index contributed by atoms with van der Waals surface area (Å²) in [7, 11) is 0. The molecular weight excluding hydrogens is 314 g/mol. The van der Waals surface area contributed by atoms with Gasteiger partial charge in [0.05, 0.1) is 11.1 Å². The van der Waals surface area contributed by atoms with Gasteiger partial charge in [-0.3, -0.25) is 0 Å². The molecule has 0 aliphatic rings. The monoisotopic (exact) mass is 331 g/mol. The molecule has 0 radical (unpaired) electrons. The van der Waals surface area contributed by atoms with Crippen molar-refractivity contribution >= 4 is 29.6 Å². The summed E-state index contributed by atoms with van der Waals surface area (Å²) in [5.74, 6) is -1.92. The molecule has 0 heterocycles. The van der Waals surface area contributed by atoms with Gasteiger partial charge in [-0.1, -0.05) is 13.0 Å². The largest absolute Gasteiger partial charge is 0.478 e. The lowest BCUT2D eigenvalue weighted by molar-refractivity contribution is 0.0686. The van der Waals surface area contributed by atoms with Crippen LogP contribution < -0.4 is 4.31 Å². The number of carbonyl (C=O) groups is 2. The van der Waals surface area contributed by atoms with E-state index in [4.69, 9.17) is 10.2 Å². The van der Waals surface area contributed by atoms with E-state index in [0.717, 1.165) is 23.5 Å². The predicted octanol–water partition coefficient (Wildman–Crippen LogP) is 4.01. The number of nitrogens with zero attached hydrogens (tertiary/aromatic N) is 1. The Labute approximate surface area is 138 Å². The van der Waals surface area contributed by atoms with Crippen LogP contribution in [0.5, 0.6) is 0 Å². The summed E-state index contributed by atoms with van der Waals surface area (Å²) in [4.78, 5) is 22.8. The molecule has 0 atom stereocenters. The molecule has 2 aromatic carbocycles. The van der Waals surface area contributed by atoms with Gasteiger partial charge >= 0.3 is 11.9 Å². The molecule has 0 saturated heterocycles. The summed E-state index contributed by atoms with van der Waals surface area (Å²) >= 11 is 1.43. The average Bonchev–Trinajstić information content (AvgIpc) is 2.55. The molecule has 0 spiro atoms. The van der Waals surface area contributed by atoms with Crippen molar-refractivity contribution in [1.82, 2.24) is 0 Å². The minimum absolute atomic E-state index is 0.239. The number of anilines is 1. The van der Waals surface area contributed by atoms with Crippen LogP contribution in [0.4, 0.5) is 5.69 Å². The van der Waals surface area contributed by atoms with Crippen molar-refractivity contribution in [2.75, 3.05) is 10.8 Å². The van der Waals surface area contributed by atoms with Gasteiger partial charge in [-0.25, -0.2) is 9.59 Å². The van der Waals surface area contributed by atoms with Crippen LogP contribution in [0.1, 0.15) is 34.1 Å². The van der Waals surface area contributed by atoms with Gasteiger partial charge < -0.3 is 14.5 Å². The third-order valence-corrected chi connectivity index (χ3v) is 4.20. The van der Waals surface area contributed by atoms with Crippen LogP contribution in [0.3, 0.4) is 0 Å². The van der Waals surface area contributed by atoms with E-state index in [9.17, 15) is 9.59 Å². The highest BCUT2D eigenvalue weighted by Gasteiger charge is 2.11. The standard InChI is InChI=1S/C17H17NO4S/c1-2-10-18(14-8-6-12(7-9-14)16(19)20)23-15-5-3-4-13(11-15)17(21)22/h3-9,11H,2,10H2,1H3,(H,19,20)(H,21,22). The molecule has 2 N–H and O–H groups in total. The quantitative estimate of drug-likeness (QED) is 0.747. The third kappa shape index (κ3) is 4.50. The number of hydrogen-bond acceptors (Lipinski definition) is 4. The van der Waals surface area contributed by atoms with Crippen LogP contribution in [0.2, 0.25) is 0 Å². The summed E-state index contributed by atoms with van der Waals surface area (Å²) < 4.78 is 2.02. The van der Waals surface area contributed by atoms with Crippen LogP contribution in [0, 0.1) is 0 Å². The number of aromatic carboxylic acids is 2. The summed E-state index contributed by atoms with van der Waals surface area (Å²) in [6.45, 7) is 2.81. The number of benzene rings is 2. The van der Waals surface area contributed by atoms with Gasteiger partial charge in [0.2, 0.25) is 0 Å². The zero-order valence-corrected chi connectivity index (χ0v) is 13.4. The molecule has 5 nitrogen and oxygen atoms in total. The Morgan fingerprint density at radius 2 is 1.65 bits per heavy atom. The first kappa shape index (κ1) is 16.9. The van der Waals surface area contributed by atoms with Crippen molar-refractivity contribution in [1.29, 1.82) is 0 Å². The SMILES string of the molecule is CCCN(Sc1cccc(C(=O)O)c1)c1ccc(C(=O)O)cc1. The highest BCUT2D eigenvalue weighted by Crippen LogP contribution is 2.30. The van der Waals surface area contributed by atoms with E-state index in [1.165, 1.54) is 11.9 Å². The van der Waals surface area contributed by atoms with Crippen LogP contribution >= 0.6 is 11.9 Å². The summed E-state index contributed by atoms with van der Waals surface area (Å²) in [5, 5.41) is 18.0. The number of rotatable bonds is 7. The van der Waals surface area contributed by atoms with Crippen molar-refractivity contribution in [3.8, 4) is 0 Å². The van der Waals surface area contributed by atoms with Crippen molar-refractivity contribution < 1.29 is 19.8 Å². The molecule has 6 heteroatoms. The molecular formula is C17H17NO4S. The second kappa shape index (κ2) is 7.69. The molecule has 0 aliphatic heterocycles. The maximum atomic E-state index is 11.1.